The van der Waals surface area contributed by atoms with Crippen molar-refractivity contribution in [3.8, 4) is 0 Å². The average Bonchev–Trinajstić information content (AvgIpc) is 2.15. The van der Waals surface area contributed by atoms with Gasteiger partial charge in [0.1, 0.15) is 0 Å². The van der Waals surface area contributed by atoms with Crippen LogP contribution in [0.3, 0.4) is 0 Å². The maximum Gasteiger partial charge on any atom is 0.312 e. The first-order chi connectivity index (χ1) is 7.56. The van der Waals surface area contributed by atoms with Crippen LogP contribution in [0.25, 0.3) is 0 Å². The van der Waals surface area contributed by atoms with Gasteiger partial charge in [0.15, 0.2) is 0 Å². The normalized spacial score (nSPS) is 19.9. The van der Waals surface area contributed by atoms with Crippen LogP contribution in [0, 0.1) is 5.41 Å². The van der Waals surface area contributed by atoms with Crippen LogP contribution in [0.1, 0.15) is 30.9 Å². The molecule has 2 rings (SSSR count). The van der Waals surface area contributed by atoms with Gasteiger partial charge >= 0.3 is 5.97 Å². The number of aliphatic carboxylic acids is 1. The molecule has 4 heteroatoms. The van der Waals surface area contributed by atoms with Crippen LogP contribution in [-0.2, 0) is 4.79 Å². The maximum absolute atomic E-state index is 11.2. The predicted molar refractivity (Wildman–Crippen MR) is 60.3 cm³/mol. The van der Waals surface area contributed by atoms with Crippen LogP contribution in [0.4, 0.5) is 0 Å². The molecule has 2 N–H and O–H groups in total. The van der Waals surface area contributed by atoms with E-state index < -0.39 is 17.5 Å². The van der Waals surface area contributed by atoms with E-state index in [4.69, 9.17) is 11.6 Å². The first-order valence-electron chi connectivity index (χ1n) is 5.23. The first-order valence-corrected chi connectivity index (χ1v) is 5.61. The van der Waals surface area contributed by atoms with E-state index in [-0.39, 0.29) is 0 Å². The van der Waals surface area contributed by atoms with E-state index in [1.54, 1.807) is 24.3 Å². The first kappa shape index (κ1) is 11.4. The highest BCUT2D eigenvalue weighted by Gasteiger charge is 2.50. The SMILES string of the molecule is O=C(O)C1(C(O)c2cccc(Cl)c2)CCC1. The summed E-state index contributed by atoms with van der Waals surface area (Å²) in [6.07, 6.45) is 0.924. The number of hydrogen-bond acceptors (Lipinski definition) is 2. The molecule has 0 aliphatic heterocycles. The second kappa shape index (κ2) is 4.07. The third kappa shape index (κ3) is 1.70. The topological polar surface area (TPSA) is 57.5 Å². The van der Waals surface area contributed by atoms with Crippen molar-refractivity contribution in [1.29, 1.82) is 0 Å². The second-order valence-corrected chi connectivity index (χ2v) is 4.71. The van der Waals surface area contributed by atoms with Gasteiger partial charge in [-0.25, -0.2) is 0 Å². The van der Waals surface area contributed by atoms with E-state index in [2.05, 4.69) is 0 Å². The summed E-state index contributed by atoms with van der Waals surface area (Å²) >= 11 is 5.82. The minimum absolute atomic E-state index is 0.511. The lowest BCUT2D eigenvalue weighted by Gasteiger charge is -2.41. The molecule has 0 amide bonds. The Hall–Kier alpha value is -1.06. The van der Waals surface area contributed by atoms with Crippen LogP contribution >= 0.6 is 11.6 Å². The summed E-state index contributed by atoms with van der Waals surface area (Å²) in [5.41, 5.74) is -0.431. The van der Waals surface area contributed by atoms with E-state index in [0.29, 0.717) is 23.4 Å². The number of benzene rings is 1. The predicted octanol–water partition coefficient (Wildman–Crippen LogP) is 2.63. The zero-order valence-electron chi connectivity index (χ0n) is 8.69. The van der Waals surface area contributed by atoms with Crippen molar-refractivity contribution in [2.45, 2.75) is 25.4 Å². The number of aliphatic hydroxyl groups excluding tert-OH is 1. The van der Waals surface area contributed by atoms with Crippen LogP contribution < -0.4 is 0 Å². The molecule has 1 aliphatic rings. The van der Waals surface area contributed by atoms with Gasteiger partial charge in [0.2, 0.25) is 0 Å². The Morgan fingerprint density at radius 1 is 1.44 bits per heavy atom. The van der Waals surface area contributed by atoms with Crippen LogP contribution in [0.15, 0.2) is 24.3 Å². The van der Waals surface area contributed by atoms with Crippen molar-refractivity contribution in [2.75, 3.05) is 0 Å². The Morgan fingerprint density at radius 2 is 2.12 bits per heavy atom. The smallest absolute Gasteiger partial charge is 0.312 e. The third-order valence-corrected chi connectivity index (χ3v) is 3.59. The molecule has 1 saturated carbocycles. The fourth-order valence-corrected chi connectivity index (χ4v) is 2.36. The Kier molecular flexibility index (Phi) is 2.91. The van der Waals surface area contributed by atoms with Crippen molar-refractivity contribution in [2.24, 2.45) is 5.41 Å². The lowest BCUT2D eigenvalue weighted by atomic mass is 9.63. The molecule has 86 valence electrons. The summed E-state index contributed by atoms with van der Waals surface area (Å²) < 4.78 is 0. The Balaban J connectivity index is 2.30. The molecule has 1 aromatic rings. The molecule has 0 heterocycles. The summed E-state index contributed by atoms with van der Waals surface area (Å²) in [6, 6.07) is 6.75. The highest BCUT2D eigenvalue weighted by molar-refractivity contribution is 6.30. The highest BCUT2D eigenvalue weighted by atomic mass is 35.5. The monoisotopic (exact) mass is 240 g/mol. The molecule has 1 aromatic carbocycles. The largest absolute Gasteiger partial charge is 0.481 e. The van der Waals surface area contributed by atoms with Gasteiger partial charge in [0.25, 0.3) is 0 Å². The fourth-order valence-electron chi connectivity index (χ4n) is 2.16. The van der Waals surface area contributed by atoms with Crippen molar-refractivity contribution >= 4 is 17.6 Å². The van der Waals surface area contributed by atoms with Gasteiger partial charge in [0, 0.05) is 5.02 Å². The minimum atomic E-state index is -1.01. The molecular weight excluding hydrogens is 228 g/mol. The minimum Gasteiger partial charge on any atom is -0.481 e. The Morgan fingerprint density at radius 3 is 2.56 bits per heavy atom. The maximum atomic E-state index is 11.2. The van der Waals surface area contributed by atoms with Gasteiger partial charge in [-0.2, -0.15) is 0 Å². The molecule has 1 atom stereocenters. The molecule has 1 fully saturated rings. The zero-order chi connectivity index (χ0) is 11.8. The van der Waals surface area contributed by atoms with E-state index in [9.17, 15) is 15.0 Å². The standard InChI is InChI=1S/C12H13ClO3/c13-9-4-1-3-8(7-9)10(14)12(11(15)16)5-2-6-12/h1,3-4,7,10,14H,2,5-6H2,(H,15,16). The zero-order valence-corrected chi connectivity index (χ0v) is 9.44. The van der Waals surface area contributed by atoms with Crippen molar-refractivity contribution < 1.29 is 15.0 Å². The summed E-state index contributed by atoms with van der Waals surface area (Å²) in [7, 11) is 0. The van der Waals surface area contributed by atoms with E-state index in [1.165, 1.54) is 0 Å². The van der Waals surface area contributed by atoms with Crippen LogP contribution in [0.2, 0.25) is 5.02 Å². The molecule has 0 bridgehead atoms. The molecule has 3 nitrogen and oxygen atoms in total. The summed E-state index contributed by atoms with van der Waals surface area (Å²) in [4.78, 5) is 11.2. The lowest BCUT2D eigenvalue weighted by Crippen LogP contribution is -2.43. The highest BCUT2D eigenvalue weighted by Crippen LogP contribution is 2.50. The van der Waals surface area contributed by atoms with Crippen LogP contribution in [0.5, 0.6) is 0 Å². The van der Waals surface area contributed by atoms with Gasteiger partial charge in [0.05, 0.1) is 11.5 Å². The van der Waals surface area contributed by atoms with E-state index in [1.807, 2.05) is 0 Å². The quantitative estimate of drug-likeness (QED) is 0.854. The van der Waals surface area contributed by atoms with E-state index in [0.717, 1.165) is 6.42 Å². The molecule has 1 aliphatic carbocycles. The number of carboxylic acid groups (broad SMARTS) is 1. The van der Waals surface area contributed by atoms with Crippen LogP contribution in [-0.4, -0.2) is 16.2 Å². The summed E-state index contributed by atoms with van der Waals surface area (Å²) in [5.74, 6) is -0.925. The number of carbonyl (C=O) groups is 1. The molecule has 0 radical (unpaired) electrons. The van der Waals surface area contributed by atoms with Gasteiger partial charge in [-0.1, -0.05) is 30.2 Å². The van der Waals surface area contributed by atoms with Gasteiger partial charge in [-0.05, 0) is 30.5 Å². The van der Waals surface area contributed by atoms with Gasteiger partial charge in [-0.15, -0.1) is 0 Å². The molecule has 0 spiro atoms. The van der Waals surface area contributed by atoms with Crippen molar-refractivity contribution in [1.82, 2.24) is 0 Å². The number of hydrogen-bond donors (Lipinski definition) is 2. The van der Waals surface area contributed by atoms with Gasteiger partial charge in [-0.3, -0.25) is 4.79 Å². The third-order valence-electron chi connectivity index (χ3n) is 3.36. The van der Waals surface area contributed by atoms with Gasteiger partial charge < -0.3 is 10.2 Å². The fraction of sp³-hybridized carbons (Fsp3) is 0.417. The number of rotatable bonds is 3. The second-order valence-electron chi connectivity index (χ2n) is 4.27. The molecular formula is C12H13ClO3. The summed E-state index contributed by atoms with van der Waals surface area (Å²) in [6.45, 7) is 0. The van der Waals surface area contributed by atoms with Crippen molar-refractivity contribution in [3.63, 3.8) is 0 Å². The average molecular weight is 241 g/mol. The molecule has 1 unspecified atom stereocenters. The van der Waals surface area contributed by atoms with E-state index >= 15 is 0 Å². The Bertz CT molecular complexity index is 412. The summed E-state index contributed by atoms with van der Waals surface area (Å²) in [5, 5.41) is 19.8. The number of carboxylic acids is 1. The molecule has 16 heavy (non-hydrogen) atoms. The molecule has 0 aromatic heterocycles. The number of aliphatic hydroxyl groups is 1. The number of halogens is 1. The lowest BCUT2D eigenvalue weighted by molar-refractivity contribution is -0.166. The molecule has 0 saturated heterocycles. The Labute approximate surface area is 98.7 Å². The van der Waals surface area contributed by atoms with Crippen molar-refractivity contribution in [3.05, 3.63) is 34.9 Å².